The largest absolute Gasteiger partial charge is 0.494 e. The first-order chi connectivity index (χ1) is 12.1. The Kier molecular flexibility index (Phi) is 4.57. The van der Waals surface area contributed by atoms with Crippen LogP contribution in [0, 0.1) is 17.1 Å². The topological polar surface area (TPSA) is 78.8 Å². The number of imidazole rings is 1. The lowest BCUT2D eigenvalue weighted by atomic mass is 10.0. The third-order valence-electron chi connectivity index (χ3n) is 3.71. The number of halogens is 1. The Morgan fingerprint density at radius 1 is 1.36 bits per heavy atom. The highest BCUT2D eigenvalue weighted by atomic mass is 19.1. The standard InChI is InChI=1S/C19H14FN3O2/c1-25-18-9-7-12(10-14(18)20)6-8-17(24)13(11-21)19-22-15-4-2-3-5-16(15)23-19/h2-10,13H,1H3,(H,22,23)/b8-6+. The van der Waals surface area contributed by atoms with Gasteiger partial charge in [-0.15, -0.1) is 0 Å². The lowest BCUT2D eigenvalue weighted by Gasteiger charge is -2.03. The zero-order valence-corrected chi connectivity index (χ0v) is 13.4. The van der Waals surface area contributed by atoms with Crippen molar-refractivity contribution in [1.29, 1.82) is 5.26 Å². The van der Waals surface area contributed by atoms with Crippen LogP contribution in [0.15, 0.2) is 48.5 Å². The first kappa shape index (κ1) is 16.4. The van der Waals surface area contributed by atoms with Crippen LogP contribution in [-0.2, 0) is 4.79 Å². The van der Waals surface area contributed by atoms with Crippen molar-refractivity contribution in [2.45, 2.75) is 5.92 Å². The molecule has 0 spiro atoms. The van der Waals surface area contributed by atoms with Crippen LogP contribution in [0.1, 0.15) is 17.3 Å². The van der Waals surface area contributed by atoms with Gasteiger partial charge in [0.2, 0.25) is 0 Å². The minimum absolute atomic E-state index is 0.126. The molecule has 3 rings (SSSR count). The zero-order valence-electron chi connectivity index (χ0n) is 13.4. The highest BCUT2D eigenvalue weighted by Gasteiger charge is 2.21. The molecule has 0 saturated carbocycles. The number of para-hydroxylation sites is 2. The van der Waals surface area contributed by atoms with Crippen LogP contribution < -0.4 is 4.74 Å². The second kappa shape index (κ2) is 6.97. The van der Waals surface area contributed by atoms with Crippen molar-refractivity contribution in [1.82, 2.24) is 9.97 Å². The fraction of sp³-hybridized carbons (Fsp3) is 0.105. The number of rotatable bonds is 5. The van der Waals surface area contributed by atoms with Crippen LogP contribution in [0.5, 0.6) is 5.75 Å². The molecule has 124 valence electrons. The highest BCUT2D eigenvalue weighted by Crippen LogP contribution is 2.21. The number of ether oxygens (including phenoxy) is 1. The number of ketones is 1. The second-order valence-corrected chi connectivity index (χ2v) is 5.33. The fourth-order valence-electron chi connectivity index (χ4n) is 2.43. The number of hydrogen-bond donors (Lipinski definition) is 1. The predicted octanol–water partition coefficient (Wildman–Crippen LogP) is 3.60. The quantitative estimate of drug-likeness (QED) is 0.723. The van der Waals surface area contributed by atoms with E-state index in [0.29, 0.717) is 16.9 Å². The molecular weight excluding hydrogens is 321 g/mol. The summed E-state index contributed by atoms with van der Waals surface area (Å²) in [6, 6.07) is 13.6. The van der Waals surface area contributed by atoms with E-state index in [1.54, 1.807) is 12.1 Å². The molecule has 0 saturated heterocycles. The van der Waals surface area contributed by atoms with Crippen LogP contribution >= 0.6 is 0 Å². The monoisotopic (exact) mass is 335 g/mol. The van der Waals surface area contributed by atoms with E-state index in [1.807, 2.05) is 24.3 Å². The van der Waals surface area contributed by atoms with Gasteiger partial charge in [0.25, 0.3) is 0 Å². The number of aromatic nitrogens is 2. The molecule has 2 aromatic carbocycles. The molecule has 0 amide bonds. The van der Waals surface area contributed by atoms with Crippen LogP contribution in [-0.4, -0.2) is 22.9 Å². The van der Waals surface area contributed by atoms with Crippen molar-refractivity contribution in [2.24, 2.45) is 0 Å². The van der Waals surface area contributed by atoms with Crippen molar-refractivity contribution in [2.75, 3.05) is 7.11 Å². The molecule has 0 aliphatic heterocycles. The van der Waals surface area contributed by atoms with Crippen molar-refractivity contribution in [3.05, 3.63) is 65.7 Å². The number of carbonyl (C=O) groups is 1. The first-order valence-corrected chi connectivity index (χ1v) is 7.52. The van der Waals surface area contributed by atoms with E-state index in [0.717, 1.165) is 5.52 Å². The maximum Gasteiger partial charge on any atom is 0.180 e. The average molecular weight is 335 g/mol. The predicted molar refractivity (Wildman–Crippen MR) is 91.4 cm³/mol. The summed E-state index contributed by atoms with van der Waals surface area (Å²) in [6.07, 6.45) is 2.71. The summed E-state index contributed by atoms with van der Waals surface area (Å²) in [6.45, 7) is 0. The Balaban J connectivity index is 1.83. The Morgan fingerprint density at radius 3 is 2.84 bits per heavy atom. The van der Waals surface area contributed by atoms with E-state index in [4.69, 9.17) is 4.74 Å². The van der Waals surface area contributed by atoms with Gasteiger partial charge >= 0.3 is 0 Å². The van der Waals surface area contributed by atoms with E-state index in [1.165, 1.54) is 31.4 Å². The van der Waals surface area contributed by atoms with E-state index < -0.39 is 17.5 Å². The lowest BCUT2D eigenvalue weighted by Crippen LogP contribution is -2.09. The molecule has 0 fully saturated rings. The molecule has 6 heteroatoms. The number of H-pyrrole nitrogens is 1. The van der Waals surface area contributed by atoms with Gasteiger partial charge in [0.1, 0.15) is 5.82 Å². The van der Waals surface area contributed by atoms with E-state index in [9.17, 15) is 14.4 Å². The number of allylic oxidation sites excluding steroid dienone is 1. The maximum atomic E-state index is 13.7. The summed E-state index contributed by atoms with van der Waals surface area (Å²) in [4.78, 5) is 19.6. The summed E-state index contributed by atoms with van der Waals surface area (Å²) >= 11 is 0. The van der Waals surface area contributed by atoms with Gasteiger partial charge in [-0.25, -0.2) is 9.37 Å². The molecule has 0 aliphatic carbocycles. The summed E-state index contributed by atoms with van der Waals surface area (Å²) in [5, 5.41) is 9.34. The minimum Gasteiger partial charge on any atom is -0.494 e. The number of carbonyl (C=O) groups excluding carboxylic acids is 1. The minimum atomic E-state index is -1.05. The van der Waals surface area contributed by atoms with Crippen molar-refractivity contribution < 1.29 is 13.9 Å². The summed E-state index contributed by atoms with van der Waals surface area (Å²) in [5.41, 5.74) is 1.94. The number of hydrogen-bond acceptors (Lipinski definition) is 4. The Morgan fingerprint density at radius 2 is 2.16 bits per heavy atom. The molecule has 1 atom stereocenters. The van der Waals surface area contributed by atoms with E-state index in [-0.39, 0.29) is 5.75 Å². The Hall–Kier alpha value is -3.46. The number of fused-ring (bicyclic) bond motifs is 1. The van der Waals surface area contributed by atoms with Gasteiger partial charge in [0, 0.05) is 0 Å². The molecule has 1 heterocycles. The molecular formula is C19H14FN3O2. The maximum absolute atomic E-state index is 13.7. The zero-order chi connectivity index (χ0) is 17.8. The number of nitrogens with zero attached hydrogens (tertiary/aromatic N) is 2. The van der Waals surface area contributed by atoms with E-state index in [2.05, 4.69) is 9.97 Å². The van der Waals surface area contributed by atoms with Crippen LogP contribution in [0.4, 0.5) is 4.39 Å². The lowest BCUT2D eigenvalue weighted by molar-refractivity contribution is -0.114. The SMILES string of the molecule is COc1ccc(/C=C/C(=O)C(C#N)c2nc3ccccc3[nH]2)cc1F. The molecule has 0 aliphatic rings. The van der Waals surface area contributed by atoms with Gasteiger partial charge in [-0.1, -0.05) is 24.3 Å². The first-order valence-electron chi connectivity index (χ1n) is 7.52. The smallest absolute Gasteiger partial charge is 0.180 e. The van der Waals surface area contributed by atoms with Crippen LogP contribution in [0.25, 0.3) is 17.1 Å². The van der Waals surface area contributed by atoms with Crippen molar-refractivity contribution >= 4 is 22.9 Å². The van der Waals surface area contributed by atoms with Gasteiger partial charge < -0.3 is 9.72 Å². The summed E-state index contributed by atoms with van der Waals surface area (Å²) in [5.74, 6) is -1.59. The number of methoxy groups -OCH3 is 1. The molecule has 25 heavy (non-hydrogen) atoms. The van der Waals surface area contributed by atoms with Crippen LogP contribution in [0.3, 0.4) is 0 Å². The van der Waals surface area contributed by atoms with Crippen molar-refractivity contribution in [3.8, 4) is 11.8 Å². The van der Waals surface area contributed by atoms with Crippen LogP contribution in [0.2, 0.25) is 0 Å². The third kappa shape index (κ3) is 3.40. The molecule has 0 bridgehead atoms. The average Bonchev–Trinajstić information content (AvgIpc) is 3.04. The second-order valence-electron chi connectivity index (χ2n) is 5.33. The molecule has 1 unspecified atom stereocenters. The highest BCUT2D eigenvalue weighted by molar-refractivity contribution is 6.00. The third-order valence-corrected chi connectivity index (χ3v) is 3.71. The number of nitrogens with one attached hydrogen (secondary N) is 1. The van der Waals surface area contributed by atoms with Gasteiger partial charge in [0.15, 0.2) is 23.3 Å². The normalized spacial score (nSPS) is 12.2. The molecule has 1 N–H and O–H groups in total. The van der Waals surface area contributed by atoms with Gasteiger partial charge in [-0.2, -0.15) is 5.26 Å². The molecule has 3 aromatic rings. The summed E-state index contributed by atoms with van der Waals surface area (Å²) in [7, 11) is 1.38. The molecule has 1 aromatic heterocycles. The van der Waals surface area contributed by atoms with Gasteiger partial charge in [-0.05, 0) is 35.9 Å². The van der Waals surface area contributed by atoms with Gasteiger partial charge in [-0.3, -0.25) is 4.79 Å². The number of benzene rings is 2. The number of aromatic amines is 1. The van der Waals surface area contributed by atoms with Gasteiger partial charge in [0.05, 0.1) is 24.2 Å². The molecule has 5 nitrogen and oxygen atoms in total. The van der Waals surface area contributed by atoms with Crippen molar-refractivity contribution in [3.63, 3.8) is 0 Å². The summed E-state index contributed by atoms with van der Waals surface area (Å²) < 4.78 is 18.5. The number of nitriles is 1. The Labute approximate surface area is 143 Å². The fourth-order valence-corrected chi connectivity index (χ4v) is 2.43. The Bertz CT molecular complexity index is 968. The molecule has 0 radical (unpaired) electrons. The van der Waals surface area contributed by atoms with E-state index >= 15 is 0 Å².